The summed E-state index contributed by atoms with van der Waals surface area (Å²) in [6.07, 6.45) is 0. The Kier molecular flexibility index (Phi) is 3.48. The summed E-state index contributed by atoms with van der Waals surface area (Å²) in [4.78, 5) is 11.5. The molecule has 0 amide bonds. The van der Waals surface area contributed by atoms with Crippen molar-refractivity contribution in [1.29, 1.82) is 0 Å². The van der Waals surface area contributed by atoms with Crippen molar-refractivity contribution in [2.24, 2.45) is 5.73 Å². The number of ether oxygens (including phenoxy) is 2. The van der Waals surface area contributed by atoms with Gasteiger partial charge in [-0.05, 0) is 17.0 Å². The summed E-state index contributed by atoms with van der Waals surface area (Å²) < 4.78 is 9.97. The lowest BCUT2D eigenvalue weighted by atomic mass is 9.98. The van der Waals surface area contributed by atoms with Gasteiger partial charge in [-0.25, -0.2) is 0 Å². The zero-order valence-electron chi connectivity index (χ0n) is 10.3. The standard InChI is InChI=1S/C14H15NO3/c1-17-12-8-7-11(13(15)14(16)18-2)9-5-3-4-6-10(9)12/h3-8,13H,15H2,1-2H3/t13-/m1/s1. The van der Waals surface area contributed by atoms with Crippen molar-refractivity contribution in [2.75, 3.05) is 14.2 Å². The SMILES string of the molecule is COC(=O)[C@H](N)c1ccc(OC)c2ccccc12. The molecule has 0 aliphatic rings. The molecule has 0 spiro atoms. The molecule has 0 unspecified atom stereocenters. The van der Waals surface area contributed by atoms with E-state index in [2.05, 4.69) is 4.74 Å². The van der Waals surface area contributed by atoms with Crippen molar-refractivity contribution in [3.05, 3.63) is 42.0 Å². The van der Waals surface area contributed by atoms with Crippen LogP contribution in [0.2, 0.25) is 0 Å². The summed E-state index contributed by atoms with van der Waals surface area (Å²) >= 11 is 0. The molecule has 18 heavy (non-hydrogen) atoms. The fourth-order valence-electron chi connectivity index (χ4n) is 2.00. The molecule has 0 heterocycles. The molecule has 0 aliphatic heterocycles. The van der Waals surface area contributed by atoms with Gasteiger partial charge in [0.15, 0.2) is 0 Å². The highest BCUT2D eigenvalue weighted by atomic mass is 16.5. The minimum Gasteiger partial charge on any atom is -0.496 e. The van der Waals surface area contributed by atoms with Gasteiger partial charge < -0.3 is 15.2 Å². The quantitative estimate of drug-likeness (QED) is 0.840. The number of methoxy groups -OCH3 is 2. The molecule has 1 atom stereocenters. The average Bonchev–Trinajstić information content (AvgIpc) is 2.44. The van der Waals surface area contributed by atoms with Gasteiger partial charge in [-0.3, -0.25) is 4.79 Å². The maximum absolute atomic E-state index is 11.5. The molecule has 0 fully saturated rings. The van der Waals surface area contributed by atoms with E-state index >= 15 is 0 Å². The lowest BCUT2D eigenvalue weighted by Gasteiger charge is -2.14. The minimum atomic E-state index is -0.786. The summed E-state index contributed by atoms with van der Waals surface area (Å²) in [7, 11) is 2.94. The van der Waals surface area contributed by atoms with Crippen LogP contribution in [0.15, 0.2) is 36.4 Å². The number of carbonyl (C=O) groups excluding carboxylic acids is 1. The van der Waals surface area contributed by atoms with E-state index in [0.717, 1.165) is 22.1 Å². The summed E-state index contributed by atoms with van der Waals surface area (Å²) in [6.45, 7) is 0. The van der Waals surface area contributed by atoms with Gasteiger partial charge in [-0.2, -0.15) is 0 Å². The molecule has 0 aromatic heterocycles. The van der Waals surface area contributed by atoms with E-state index in [1.54, 1.807) is 19.2 Å². The van der Waals surface area contributed by atoms with Gasteiger partial charge in [0.25, 0.3) is 0 Å². The van der Waals surface area contributed by atoms with E-state index < -0.39 is 12.0 Å². The molecule has 0 aliphatic carbocycles. The third-order valence-electron chi connectivity index (χ3n) is 2.93. The fraction of sp³-hybridized carbons (Fsp3) is 0.214. The van der Waals surface area contributed by atoms with Crippen molar-refractivity contribution in [1.82, 2.24) is 0 Å². The maximum atomic E-state index is 11.5. The number of hydrogen-bond acceptors (Lipinski definition) is 4. The van der Waals surface area contributed by atoms with E-state index in [-0.39, 0.29) is 0 Å². The summed E-state index contributed by atoms with van der Waals surface area (Å²) in [5, 5.41) is 1.83. The Labute approximate surface area is 105 Å². The highest BCUT2D eigenvalue weighted by Crippen LogP contribution is 2.31. The van der Waals surface area contributed by atoms with Crippen molar-refractivity contribution in [3.63, 3.8) is 0 Å². The van der Waals surface area contributed by atoms with Crippen molar-refractivity contribution < 1.29 is 14.3 Å². The molecular formula is C14H15NO3. The molecule has 2 N–H and O–H groups in total. The van der Waals surface area contributed by atoms with E-state index in [4.69, 9.17) is 10.5 Å². The Balaban J connectivity index is 2.63. The first kappa shape index (κ1) is 12.4. The molecule has 0 radical (unpaired) electrons. The number of carbonyl (C=O) groups is 1. The van der Waals surface area contributed by atoms with Gasteiger partial charge in [0.05, 0.1) is 14.2 Å². The number of fused-ring (bicyclic) bond motifs is 1. The average molecular weight is 245 g/mol. The highest BCUT2D eigenvalue weighted by Gasteiger charge is 2.19. The topological polar surface area (TPSA) is 61.5 Å². The Hall–Kier alpha value is -2.07. The minimum absolute atomic E-state index is 0.453. The van der Waals surface area contributed by atoms with E-state index in [9.17, 15) is 4.79 Å². The third kappa shape index (κ3) is 2.02. The van der Waals surface area contributed by atoms with Gasteiger partial charge in [-0.15, -0.1) is 0 Å². The van der Waals surface area contributed by atoms with Gasteiger partial charge >= 0.3 is 5.97 Å². The van der Waals surface area contributed by atoms with E-state index in [1.807, 2.05) is 24.3 Å². The van der Waals surface area contributed by atoms with Crippen LogP contribution in [0.3, 0.4) is 0 Å². The van der Waals surface area contributed by atoms with Crippen molar-refractivity contribution >= 4 is 16.7 Å². The highest BCUT2D eigenvalue weighted by molar-refractivity contribution is 5.94. The second-order valence-electron chi connectivity index (χ2n) is 3.90. The van der Waals surface area contributed by atoms with Gasteiger partial charge in [0.1, 0.15) is 11.8 Å². The van der Waals surface area contributed by atoms with Gasteiger partial charge in [-0.1, -0.05) is 30.3 Å². The first-order chi connectivity index (χ1) is 8.69. The molecule has 0 saturated heterocycles. The van der Waals surface area contributed by atoms with Crippen LogP contribution >= 0.6 is 0 Å². The first-order valence-electron chi connectivity index (χ1n) is 5.58. The van der Waals surface area contributed by atoms with Crippen LogP contribution in [0.4, 0.5) is 0 Å². The second-order valence-corrected chi connectivity index (χ2v) is 3.90. The maximum Gasteiger partial charge on any atom is 0.327 e. The molecule has 0 saturated carbocycles. The van der Waals surface area contributed by atoms with Gasteiger partial charge in [0.2, 0.25) is 0 Å². The van der Waals surface area contributed by atoms with Gasteiger partial charge in [0, 0.05) is 5.39 Å². The summed E-state index contributed by atoms with van der Waals surface area (Å²) in [5.74, 6) is 0.303. The Morgan fingerprint density at radius 2 is 1.78 bits per heavy atom. The lowest BCUT2D eigenvalue weighted by molar-refractivity contribution is -0.142. The number of hydrogen-bond donors (Lipinski definition) is 1. The molecule has 0 bridgehead atoms. The van der Waals surface area contributed by atoms with Crippen LogP contribution < -0.4 is 10.5 Å². The predicted molar refractivity (Wildman–Crippen MR) is 69.4 cm³/mol. The first-order valence-corrected chi connectivity index (χ1v) is 5.58. The predicted octanol–water partition coefficient (Wildman–Crippen LogP) is 2.02. The zero-order valence-corrected chi connectivity index (χ0v) is 10.3. The largest absolute Gasteiger partial charge is 0.496 e. The molecule has 4 nitrogen and oxygen atoms in total. The Bertz CT molecular complexity index is 580. The monoisotopic (exact) mass is 245 g/mol. The number of nitrogens with two attached hydrogens (primary N) is 1. The Morgan fingerprint density at radius 3 is 2.39 bits per heavy atom. The van der Waals surface area contributed by atoms with Crippen LogP contribution in [0.25, 0.3) is 10.8 Å². The fourth-order valence-corrected chi connectivity index (χ4v) is 2.00. The van der Waals surface area contributed by atoms with Crippen molar-refractivity contribution in [2.45, 2.75) is 6.04 Å². The zero-order chi connectivity index (χ0) is 13.1. The van der Waals surface area contributed by atoms with Crippen LogP contribution in [0.5, 0.6) is 5.75 Å². The van der Waals surface area contributed by atoms with Crippen LogP contribution in [-0.4, -0.2) is 20.2 Å². The van der Waals surface area contributed by atoms with Crippen LogP contribution in [-0.2, 0) is 9.53 Å². The molecule has 94 valence electrons. The molecular weight excluding hydrogens is 230 g/mol. The molecule has 4 heteroatoms. The molecule has 2 aromatic rings. The van der Waals surface area contributed by atoms with E-state index in [1.165, 1.54) is 7.11 Å². The molecule has 2 aromatic carbocycles. The summed E-state index contributed by atoms with van der Waals surface area (Å²) in [5.41, 5.74) is 6.63. The summed E-state index contributed by atoms with van der Waals surface area (Å²) in [6, 6.07) is 10.5. The smallest absolute Gasteiger partial charge is 0.327 e. The molecule has 2 rings (SSSR count). The number of benzene rings is 2. The Morgan fingerprint density at radius 1 is 1.11 bits per heavy atom. The lowest BCUT2D eigenvalue weighted by Crippen LogP contribution is -2.22. The third-order valence-corrected chi connectivity index (χ3v) is 2.93. The van der Waals surface area contributed by atoms with E-state index in [0.29, 0.717) is 0 Å². The van der Waals surface area contributed by atoms with Crippen LogP contribution in [0.1, 0.15) is 11.6 Å². The number of rotatable bonds is 3. The van der Waals surface area contributed by atoms with Crippen LogP contribution in [0, 0.1) is 0 Å². The second kappa shape index (κ2) is 5.06. The normalized spacial score (nSPS) is 12.2. The number of esters is 1. The van der Waals surface area contributed by atoms with Crippen molar-refractivity contribution in [3.8, 4) is 5.75 Å².